The molecule has 0 fully saturated rings. The molecule has 0 aromatic carbocycles. The topological polar surface area (TPSA) is 95.4 Å². The SMILES string of the molecule is CC1=C(c2cc(C)no2)C(=O)CCC1.CC1=CCCC(=O)O1.Cc1cc(C)on1. The number of carbonyl (C=O) groups excluding carboxylic acids is 2. The molecule has 2 aromatic rings. The van der Waals surface area contributed by atoms with Gasteiger partial charge >= 0.3 is 5.97 Å². The second kappa shape index (κ2) is 10.5. The van der Waals surface area contributed by atoms with E-state index in [0.29, 0.717) is 18.6 Å². The average Bonchev–Trinajstić information content (AvgIpc) is 3.23. The molecule has 7 nitrogen and oxygen atoms in total. The van der Waals surface area contributed by atoms with Crippen molar-refractivity contribution in [1.29, 1.82) is 0 Å². The zero-order valence-corrected chi connectivity index (χ0v) is 17.7. The predicted octanol–water partition coefficient (Wildman–Crippen LogP) is 5.03. The quantitative estimate of drug-likeness (QED) is 0.620. The van der Waals surface area contributed by atoms with Crippen LogP contribution in [0.4, 0.5) is 0 Å². The van der Waals surface area contributed by atoms with E-state index >= 15 is 0 Å². The number of allylic oxidation sites excluding steroid dienone is 4. The van der Waals surface area contributed by atoms with Crippen LogP contribution in [0.2, 0.25) is 0 Å². The molecule has 7 heteroatoms. The maximum Gasteiger partial charge on any atom is 0.311 e. The zero-order chi connectivity index (χ0) is 21.4. The van der Waals surface area contributed by atoms with Gasteiger partial charge in [0.05, 0.1) is 17.0 Å². The largest absolute Gasteiger partial charge is 0.432 e. The van der Waals surface area contributed by atoms with Crippen LogP contribution in [0.5, 0.6) is 0 Å². The molecule has 0 radical (unpaired) electrons. The van der Waals surface area contributed by atoms with Crippen LogP contribution in [0.1, 0.15) is 68.9 Å². The molecule has 2 aliphatic rings. The van der Waals surface area contributed by atoms with Crippen LogP contribution in [-0.4, -0.2) is 22.1 Å². The second-order valence-electron chi connectivity index (χ2n) is 7.17. The van der Waals surface area contributed by atoms with Gasteiger partial charge in [0.15, 0.2) is 11.5 Å². The summed E-state index contributed by atoms with van der Waals surface area (Å²) in [5, 5.41) is 7.44. The maximum absolute atomic E-state index is 11.7. The molecule has 0 unspecified atom stereocenters. The lowest BCUT2D eigenvalue weighted by molar-refractivity contribution is -0.140. The van der Waals surface area contributed by atoms with Crippen molar-refractivity contribution in [2.45, 2.75) is 66.7 Å². The highest BCUT2D eigenvalue weighted by atomic mass is 16.5. The third-order valence-electron chi connectivity index (χ3n) is 4.34. The Morgan fingerprint density at radius 2 is 1.55 bits per heavy atom. The molecule has 2 aromatic heterocycles. The molecule has 0 atom stereocenters. The fourth-order valence-electron chi connectivity index (χ4n) is 2.99. The number of carbonyl (C=O) groups is 2. The molecular formula is C22H28N2O5. The Hall–Kier alpha value is -2.96. The Labute approximate surface area is 170 Å². The van der Waals surface area contributed by atoms with E-state index in [0.717, 1.165) is 53.3 Å². The molecular weight excluding hydrogens is 372 g/mol. The van der Waals surface area contributed by atoms with Crippen molar-refractivity contribution in [3.05, 3.63) is 52.4 Å². The van der Waals surface area contributed by atoms with E-state index in [1.54, 1.807) is 6.92 Å². The minimum atomic E-state index is -0.106. The lowest BCUT2D eigenvalue weighted by atomic mass is 9.90. The monoisotopic (exact) mass is 400 g/mol. The highest BCUT2D eigenvalue weighted by Gasteiger charge is 2.22. The molecule has 0 N–H and O–H groups in total. The van der Waals surface area contributed by atoms with Gasteiger partial charge in [-0.05, 0) is 60.0 Å². The van der Waals surface area contributed by atoms with Crippen LogP contribution >= 0.6 is 0 Å². The van der Waals surface area contributed by atoms with Gasteiger partial charge in [-0.2, -0.15) is 0 Å². The molecule has 29 heavy (non-hydrogen) atoms. The van der Waals surface area contributed by atoms with Crippen LogP contribution in [-0.2, 0) is 14.3 Å². The third kappa shape index (κ3) is 7.18. The molecule has 1 aliphatic heterocycles. The van der Waals surface area contributed by atoms with E-state index in [1.807, 2.05) is 45.9 Å². The summed E-state index contributed by atoms with van der Waals surface area (Å²) in [5.74, 6) is 2.32. The minimum absolute atomic E-state index is 0.106. The van der Waals surface area contributed by atoms with Gasteiger partial charge in [-0.3, -0.25) is 9.59 Å². The van der Waals surface area contributed by atoms with Crippen molar-refractivity contribution < 1.29 is 23.4 Å². The molecule has 0 saturated carbocycles. The van der Waals surface area contributed by atoms with E-state index < -0.39 is 0 Å². The van der Waals surface area contributed by atoms with Gasteiger partial charge in [0.2, 0.25) is 0 Å². The van der Waals surface area contributed by atoms with Crippen molar-refractivity contribution in [3.8, 4) is 0 Å². The standard InChI is InChI=1S/C11H13NO2.C6H8O2.C5H7NO/c1-7-4-3-5-9(13)11(7)10-6-8(2)12-14-10;1-5-3-2-4-6(7)8-5;1-4-3-5(2)7-6-4/h6H,3-5H2,1-2H3;3H,2,4H2,1H3;3H,1-2H3. The minimum Gasteiger partial charge on any atom is -0.432 e. The highest BCUT2D eigenvalue weighted by molar-refractivity contribution is 6.21. The van der Waals surface area contributed by atoms with Crippen LogP contribution in [0, 0.1) is 20.8 Å². The Kier molecular flexibility index (Phi) is 8.12. The van der Waals surface area contributed by atoms with E-state index in [2.05, 4.69) is 10.3 Å². The number of cyclic esters (lactones) is 1. The first-order valence-corrected chi connectivity index (χ1v) is 9.70. The molecule has 0 amide bonds. The number of esters is 1. The van der Waals surface area contributed by atoms with Crippen LogP contribution < -0.4 is 0 Å². The molecule has 0 bridgehead atoms. The van der Waals surface area contributed by atoms with Crippen molar-refractivity contribution in [2.24, 2.45) is 0 Å². The molecule has 1 aliphatic carbocycles. The van der Waals surface area contributed by atoms with Crippen molar-refractivity contribution in [1.82, 2.24) is 10.3 Å². The fourth-order valence-corrected chi connectivity index (χ4v) is 2.99. The Morgan fingerprint density at radius 3 is 1.97 bits per heavy atom. The smallest absolute Gasteiger partial charge is 0.311 e. The second-order valence-corrected chi connectivity index (χ2v) is 7.17. The normalized spacial score (nSPS) is 16.2. The number of aromatic nitrogens is 2. The maximum atomic E-state index is 11.7. The van der Waals surface area contributed by atoms with Crippen molar-refractivity contribution in [2.75, 3.05) is 0 Å². The number of Topliss-reactive ketones (excluding diaryl/α,β-unsaturated/α-hetero) is 1. The van der Waals surface area contributed by atoms with Crippen molar-refractivity contribution >= 4 is 17.3 Å². The first kappa shape index (κ1) is 22.3. The van der Waals surface area contributed by atoms with Gasteiger partial charge in [0.25, 0.3) is 0 Å². The van der Waals surface area contributed by atoms with Gasteiger partial charge in [0, 0.05) is 25.0 Å². The Morgan fingerprint density at radius 1 is 0.862 bits per heavy atom. The fraction of sp³-hybridized carbons (Fsp3) is 0.455. The van der Waals surface area contributed by atoms with E-state index in [1.165, 1.54) is 0 Å². The first-order chi connectivity index (χ1) is 13.8. The Bertz CT molecular complexity index is 901. The summed E-state index contributed by atoms with van der Waals surface area (Å²) in [6, 6.07) is 3.71. The molecule has 3 heterocycles. The van der Waals surface area contributed by atoms with Gasteiger partial charge in [0.1, 0.15) is 11.5 Å². The number of hydrogen-bond donors (Lipinski definition) is 0. The van der Waals surface area contributed by atoms with E-state index in [4.69, 9.17) is 13.8 Å². The summed E-state index contributed by atoms with van der Waals surface area (Å²) in [6.07, 6.45) is 5.87. The Balaban J connectivity index is 0.000000170. The van der Waals surface area contributed by atoms with Crippen molar-refractivity contribution in [3.63, 3.8) is 0 Å². The van der Waals surface area contributed by atoms with Gasteiger partial charge in [-0.15, -0.1) is 0 Å². The zero-order valence-electron chi connectivity index (χ0n) is 17.7. The van der Waals surface area contributed by atoms with Gasteiger partial charge < -0.3 is 13.8 Å². The summed E-state index contributed by atoms with van der Waals surface area (Å²) in [4.78, 5) is 22.1. The summed E-state index contributed by atoms with van der Waals surface area (Å²) >= 11 is 0. The van der Waals surface area contributed by atoms with Crippen LogP contribution in [0.3, 0.4) is 0 Å². The van der Waals surface area contributed by atoms with E-state index in [-0.39, 0.29) is 11.8 Å². The summed E-state index contributed by atoms with van der Waals surface area (Å²) in [5.41, 5.74) is 3.63. The number of hydrogen-bond acceptors (Lipinski definition) is 7. The first-order valence-electron chi connectivity index (χ1n) is 9.70. The lowest BCUT2D eigenvalue weighted by Gasteiger charge is -2.13. The van der Waals surface area contributed by atoms with Gasteiger partial charge in [-0.25, -0.2) is 0 Å². The van der Waals surface area contributed by atoms with Crippen LogP contribution in [0.15, 0.2) is 38.6 Å². The molecule has 156 valence electrons. The highest BCUT2D eigenvalue weighted by Crippen LogP contribution is 2.29. The van der Waals surface area contributed by atoms with Gasteiger partial charge in [-0.1, -0.05) is 15.9 Å². The van der Waals surface area contributed by atoms with E-state index in [9.17, 15) is 9.59 Å². The number of nitrogens with zero attached hydrogens (tertiary/aromatic N) is 2. The number of ether oxygens (including phenoxy) is 1. The molecule has 0 spiro atoms. The summed E-state index contributed by atoms with van der Waals surface area (Å²) in [6.45, 7) is 9.41. The molecule has 0 saturated heterocycles. The lowest BCUT2D eigenvalue weighted by Crippen LogP contribution is -2.08. The number of rotatable bonds is 1. The summed E-state index contributed by atoms with van der Waals surface area (Å²) < 4.78 is 14.5. The summed E-state index contributed by atoms with van der Waals surface area (Å²) in [7, 11) is 0. The number of aryl methyl sites for hydroxylation is 3. The molecule has 4 rings (SSSR count). The number of ketones is 1. The third-order valence-corrected chi connectivity index (χ3v) is 4.34. The predicted molar refractivity (Wildman–Crippen MR) is 108 cm³/mol. The average molecular weight is 400 g/mol. The van der Waals surface area contributed by atoms with Crippen LogP contribution in [0.25, 0.3) is 5.57 Å².